The third-order valence-electron chi connectivity index (χ3n) is 4.50. The molecule has 1 aromatic carbocycles. The zero-order valence-corrected chi connectivity index (χ0v) is 13.7. The maximum Gasteiger partial charge on any atom is 0.408 e. The molecule has 25 heavy (non-hydrogen) atoms. The Labute approximate surface area is 143 Å². The molecule has 0 spiro atoms. The predicted molar refractivity (Wildman–Crippen MR) is 86.4 cm³/mol. The van der Waals surface area contributed by atoms with Gasteiger partial charge in [0, 0.05) is 12.6 Å². The number of benzene rings is 1. The number of hydrogen-bond donors (Lipinski definition) is 1. The fraction of sp³-hybridized carbons (Fsp3) is 0.412. The number of piperidine rings is 1. The van der Waals surface area contributed by atoms with Crippen molar-refractivity contribution in [3.05, 3.63) is 47.8 Å². The maximum atomic E-state index is 13.3. The number of hydrogen-bond acceptors (Lipinski definition) is 3. The maximum absolute atomic E-state index is 13.3. The lowest BCUT2D eigenvalue weighted by Crippen LogP contribution is -2.56. The molecule has 0 aliphatic carbocycles. The number of aromatic nitrogens is 2. The Balaban J connectivity index is 1.93. The van der Waals surface area contributed by atoms with Crippen molar-refractivity contribution < 1.29 is 18.0 Å². The highest BCUT2D eigenvalue weighted by Gasteiger charge is 2.48. The van der Waals surface area contributed by atoms with Crippen LogP contribution in [-0.2, 0) is 0 Å². The summed E-state index contributed by atoms with van der Waals surface area (Å²) in [6.07, 6.45) is -3.09. The highest BCUT2D eigenvalue weighted by atomic mass is 19.4. The van der Waals surface area contributed by atoms with Crippen LogP contribution in [0.4, 0.5) is 13.2 Å². The average Bonchev–Trinajstić information content (AvgIpc) is 2.95. The summed E-state index contributed by atoms with van der Waals surface area (Å²) in [6.45, 7) is 1.55. The predicted octanol–water partition coefficient (Wildman–Crippen LogP) is 2.67. The first-order valence-electron chi connectivity index (χ1n) is 8.02. The van der Waals surface area contributed by atoms with Crippen LogP contribution in [0.5, 0.6) is 0 Å². The third kappa shape index (κ3) is 3.39. The Bertz CT molecular complexity index is 757. The number of rotatable bonds is 2. The van der Waals surface area contributed by atoms with Crippen LogP contribution in [0.25, 0.3) is 5.69 Å². The van der Waals surface area contributed by atoms with Crippen LogP contribution in [0.1, 0.15) is 28.9 Å². The van der Waals surface area contributed by atoms with Crippen LogP contribution in [-0.4, -0.2) is 45.4 Å². The highest BCUT2D eigenvalue weighted by Crippen LogP contribution is 2.33. The summed E-state index contributed by atoms with van der Waals surface area (Å²) in [5, 5.41) is 4.16. The summed E-state index contributed by atoms with van der Waals surface area (Å²) in [7, 11) is 0. The molecule has 2 atom stereocenters. The van der Waals surface area contributed by atoms with E-state index in [1.807, 2.05) is 30.3 Å². The van der Waals surface area contributed by atoms with Gasteiger partial charge in [-0.2, -0.15) is 18.3 Å². The van der Waals surface area contributed by atoms with Crippen molar-refractivity contribution in [3.8, 4) is 5.69 Å². The van der Waals surface area contributed by atoms with Gasteiger partial charge < -0.3 is 10.6 Å². The van der Waals surface area contributed by atoms with Gasteiger partial charge in [0.1, 0.15) is 6.04 Å². The van der Waals surface area contributed by atoms with Crippen LogP contribution in [0.15, 0.2) is 36.5 Å². The molecule has 2 N–H and O–H groups in total. The molecule has 1 aliphatic rings. The molecule has 0 saturated carbocycles. The SMILES string of the molecule is Cc1c(C(=O)N2CC(N)CCC2C(F)(F)F)cnn1-c1ccccc1. The summed E-state index contributed by atoms with van der Waals surface area (Å²) in [5.74, 6) is -0.683. The number of likely N-dealkylation sites (tertiary alicyclic amines) is 1. The molecule has 1 aliphatic heterocycles. The molecule has 2 unspecified atom stereocenters. The van der Waals surface area contributed by atoms with Gasteiger partial charge in [0.05, 0.1) is 23.1 Å². The van der Waals surface area contributed by atoms with Crippen molar-refractivity contribution in [1.82, 2.24) is 14.7 Å². The van der Waals surface area contributed by atoms with Crippen molar-refractivity contribution in [2.24, 2.45) is 5.73 Å². The van der Waals surface area contributed by atoms with Crippen LogP contribution in [0.2, 0.25) is 0 Å². The lowest BCUT2D eigenvalue weighted by atomic mass is 9.97. The van der Waals surface area contributed by atoms with Gasteiger partial charge in [0.25, 0.3) is 5.91 Å². The van der Waals surface area contributed by atoms with Gasteiger partial charge in [-0.05, 0) is 31.9 Å². The van der Waals surface area contributed by atoms with Crippen molar-refractivity contribution in [2.45, 2.75) is 38.0 Å². The molecule has 1 fully saturated rings. The van der Waals surface area contributed by atoms with Crippen LogP contribution >= 0.6 is 0 Å². The first-order valence-corrected chi connectivity index (χ1v) is 8.02. The number of alkyl halides is 3. The number of para-hydroxylation sites is 1. The number of carbonyl (C=O) groups excluding carboxylic acids is 1. The van der Waals surface area contributed by atoms with Gasteiger partial charge >= 0.3 is 6.18 Å². The van der Waals surface area contributed by atoms with E-state index in [0.717, 1.165) is 10.6 Å². The molecule has 0 bridgehead atoms. The van der Waals surface area contributed by atoms with Crippen LogP contribution in [0, 0.1) is 6.92 Å². The van der Waals surface area contributed by atoms with Crippen LogP contribution in [0.3, 0.4) is 0 Å². The molecule has 2 heterocycles. The first-order chi connectivity index (χ1) is 11.8. The molecule has 1 aromatic heterocycles. The second-order valence-corrected chi connectivity index (χ2v) is 6.24. The minimum Gasteiger partial charge on any atom is -0.326 e. The second kappa shape index (κ2) is 6.51. The summed E-state index contributed by atoms with van der Waals surface area (Å²) in [6, 6.07) is 6.85. The average molecular weight is 352 g/mol. The molecule has 8 heteroatoms. The number of carbonyl (C=O) groups is 1. The van der Waals surface area contributed by atoms with Crippen molar-refractivity contribution >= 4 is 5.91 Å². The summed E-state index contributed by atoms with van der Waals surface area (Å²) >= 11 is 0. The number of nitrogens with zero attached hydrogens (tertiary/aromatic N) is 3. The summed E-state index contributed by atoms with van der Waals surface area (Å²) in [4.78, 5) is 13.6. The van der Waals surface area contributed by atoms with Gasteiger partial charge in [0.15, 0.2) is 0 Å². The van der Waals surface area contributed by atoms with E-state index in [2.05, 4.69) is 5.10 Å². The Hall–Kier alpha value is -2.35. The fourth-order valence-corrected chi connectivity index (χ4v) is 3.17. The largest absolute Gasteiger partial charge is 0.408 e. The van der Waals surface area contributed by atoms with Crippen LogP contribution < -0.4 is 5.73 Å². The summed E-state index contributed by atoms with van der Waals surface area (Å²) in [5.41, 5.74) is 7.19. The molecule has 0 radical (unpaired) electrons. The molecule has 5 nitrogen and oxygen atoms in total. The molecule has 3 rings (SSSR count). The van der Waals surface area contributed by atoms with Crippen molar-refractivity contribution in [1.29, 1.82) is 0 Å². The smallest absolute Gasteiger partial charge is 0.326 e. The van der Waals surface area contributed by atoms with E-state index < -0.39 is 24.2 Å². The second-order valence-electron chi connectivity index (χ2n) is 6.24. The standard InChI is InChI=1S/C17H19F3N4O/c1-11-14(9-22-24(11)13-5-3-2-4-6-13)16(25)23-10-12(21)7-8-15(23)17(18,19)20/h2-6,9,12,15H,7-8,10,21H2,1H3. The van der Waals surface area contributed by atoms with Gasteiger partial charge in [-0.25, -0.2) is 4.68 Å². The lowest BCUT2D eigenvalue weighted by Gasteiger charge is -2.39. The number of amides is 1. The van der Waals surface area contributed by atoms with E-state index in [1.165, 1.54) is 6.20 Å². The van der Waals surface area contributed by atoms with E-state index in [-0.39, 0.29) is 24.9 Å². The van der Waals surface area contributed by atoms with E-state index >= 15 is 0 Å². The van der Waals surface area contributed by atoms with Gasteiger partial charge in [-0.1, -0.05) is 18.2 Å². The van der Waals surface area contributed by atoms with E-state index in [4.69, 9.17) is 5.73 Å². The normalized spacial score (nSPS) is 21.4. The van der Waals surface area contributed by atoms with E-state index in [1.54, 1.807) is 11.6 Å². The molecule has 2 aromatic rings. The lowest BCUT2D eigenvalue weighted by molar-refractivity contribution is -0.184. The van der Waals surface area contributed by atoms with Crippen molar-refractivity contribution in [3.63, 3.8) is 0 Å². The van der Waals surface area contributed by atoms with E-state index in [0.29, 0.717) is 5.69 Å². The quantitative estimate of drug-likeness (QED) is 0.904. The van der Waals surface area contributed by atoms with Gasteiger partial charge in [0.2, 0.25) is 0 Å². The minimum atomic E-state index is -4.47. The monoisotopic (exact) mass is 352 g/mol. The molecular formula is C17H19F3N4O. The minimum absolute atomic E-state index is 0.112. The van der Waals surface area contributed by atoms with Crippen molar-refractivity contribution in [2.75, 3.05) is 6.54 Å². The Kier molecular flexibility index (Phi) is 4.55. The molecule has 1 amide bonds. The highest BCUT2D eigenvalue weighted by molar-refractivity contribution is 5.95. The summed E-state index contributed by atoms with van der Waals surface area (Å²) < 4.78 is 41.5. The van der Waals surface area contributed by atoms with E-state index in [9.17, 15) is 18.0 Å². The third-order valence-corrected chi connectivity index (χ3v) is 4.50. The Morgan fingerprint density at radius 3 is 2.56 bits per heavy atom. The topological polar surface area (TPSA) is 64.2 Å². The Morgan fingerprint density at radius 2 is 1.92 bits per heavy atom. The Morgan fingerprint density at radius 1 is 1.24 bits per heavy atom. The first kappa shape index (κ1) is 17.5. The fourth-order valence-electron chi connectivity index (χ4n) is 3.17. The zero-order chi connectivity index (χ0) is 18.2. The number of nitrogens with two attached hydrogens (primary N) is 1. The number of halogens is 3. The van der Waals surface area contributed by atoms with Gasteiger partial charge in [-0.3, -0.25) is 4.79 Å². The zero-order valence-electron chi connectivity index (χ0n) is 13.7. The van der Waals surface area contributed by atoms with Gasteiger partial charge in [-0.15, -0.1) is 0 Å². The molecule has 134 valence electrons. The molecule has 1 saturated heterocycles. The molecular weight excluding hydrogens is 333 g/mol.